The number of carbonyl (C=O) groups excluding carboxylic acids is 1. The Balaban J connectivity index is 0.000000815. The van der Waals surface area contributed by atoms with Crippen LogP contribution in [0.5, 0.6) is 0 Å². The van der Waals surface area contributed by atoms with Crippen molar-refractivity contribution in [3.05, 3.63) is 12.2 Å². The minimum atomic E-state index is 0.102. The van der Waals surface area contributed by atoms with Crippen molar-refractivity contribution in [2.75, 3.05) is 6.54 Å². The molecule has 1 amide bonds. The second-order valence-corrected chi connectivity index (χ2v) is 8.77. The molecule has 3 aliphatic carbocycles. The van der Waals surface area contributed by atoms with E-state index < -0.39 is 0 Å². The lowest BCUT2D eigenvalue weighted by molar-refractivity contribution is -0.122. The van der Waals surface area contributed by atoms with Gasteiger partial charge in [0.15, 0.2) is 0 Å². The molecule has 1 heterocycles. The number of hydrogen-bond donors (Lipinski definition) is 2. The minimum absolute atomic E-state index is 0.102. The first-order valence-corrected chi connectivity index (χ1v) is 9.52. The number of amides is 1. The number of nitrogens with two attached hydrogens (primary N) is 1. The molecule has 132 valence electrons. The maximum atomic E-state index is 11.7. The van der Waals surface area contributed by atoms with Crippen molar-refractivity contribution in [3.63, 3.8) is 0 Å². The van der Waals surface area contributed by atoms with Gasteiger partial charge in [-0.05, 0) is 80.2 Å². The van der Waals surface area contributed by atoms with Gasteiger partial charge in [0.05, 0.1) is 0 Å². The van der Waals surface area contributed by atoms with E-state index >= 15 is 0 Å². The molecule has 4 aliphatic rings. The van der Waals surface area contributed by atoms with Gasteiger partial charge in [-0.1, -0.05) is 19.9 Å². The fourth-order valence-corrected chi connectivity index (χ4v) is 6.83. The molecule has 6 unspecified atom stereocenters. The smallest absolute Gasteiger partial charge is 0.243 e. The molecule has 4 rings (SSSR count). The van der Waals surface area contributed by atoms with Crippen LogP contribution in [0.2, 0.25) is 0 Å². The predicted octanol–water partition coefficient (Wildman–Crippen LogP) is 3.11. The summed E-state index contributed by atoms with van der Waals surface area (Å²) in [6.45, 7) is 5.77. The standard InChI is InChI=1S/C19H30N2O.C2H2/c1-18-9-7-15-13(14(18)5-3-12(18)11-20)4-6-16-19(15,2)10-8-17(22)21-16;1-2/h8,10,12-16H,3-7,9,11,20H2,1-2H3,(H,21,22);1-2H/t12?,13?,14?,15?,16?,18-,19?;/m1./s1. The number of carbonyl (C=O) groups is 1. The average molecular weight is 329 g/mol. The van der Waals surface area contributed by atoms with Crippen molar-refractivity contribution in [1.29, 1.82) is 0 Å². The number of hydrogen-bond acceptors (Lipinski definition) is 2. The zero-order valence-electron chi connectivity index (χ0n) is 15.1. The van der Waals surface area contributed by atoms with E-state index in [-0.39, 0.29) is 11.3 Å². The molecule has 0 saturated heterocycles. The zero-order valence-corrected chi connectivity index (χ0v) is 15.1. The van der Waals surface area contributed by atoms with Gasteiger partial charge in [-0.25, -0.2) is 0 Å². The summed E-state index contributed by atoms with van der Waals surface area (Å²) in [5.74, 6) is 3.24. The molecule has 0 radical (unpaired) electrons. The summed E-state index contributed by atoms with van der Waals surface area (Å²) >= 11 is 0. The van der Waals surface area contributed by atoms with E-state index in [1.54, 1.807) is 6.08 Å². The Hall–Kier alpha value is -1.27. The zero-order chi connectivity index (χ0) is 17.5. The molecule has 0 aromatic rings. The van der Waals surface area contributed by atoms with Crippen LogP contribution in [-0.4, -0.2) is 18.5 Å². The Kier molecular flexibility index (Phi) is 4.55. The second kappa shape index (κ2) is 6.23. The first-order chi connectivity index (χ1) is 11.5. The van der Waals surface area contributed by atoms with Crippen LogP contribution < -0.4 is 11.1 Å². The highest BCUT2D eigenvalue weighted by atomic mass is 16.1. The molecule has 3 fully saturated rings. The Bertz CT molecular complexity index is 553. The Morgan fingerprint density at radius 3 is 2.62 bits per heavy atom. The fourth-order valence-electron chi connectivity index (χ4n) is 6.83. The quantitative estimate of drug-likeness (QED) is 0.727. The third-order valence-electron chi connectivity index (χ3n) is 8.17. The van der Waals surface area contributed by atoms with E-state index in [4.69, 9.17) is 5.73 Å². The van der Waals surface area contributed by atoms with E-state index in [2.05, 4.69) is 38.1 Å². The van der Waals surface area contributed by atoms with Gasteiger partial charge >= 0.3 is 0 Å². The molecule has 3 saturated carbocycles. The van der Waals surface area contributed by atoms with Gasteiger partial charge in [0.1, 0.15) is 0 Å². The number of fused-ring (bicyclic) bond motifs is 5. The average Bonchev–Trinajstić information content (AvgIpc) is 2.93. The summed E-state index contributed by atoms with van der Waals surface area (Å²) in [5.41, 5.74) is 6.72. The molecule has 0 aromatic carbocycles. The van der Waals surface area contributed by atoms with Gasteiger partial charge in [0.2, 0.25) is 5.91 Å². The monoisotopic (exact) mass is 328 g/mol. The van der Waals surface area contributed by atoms with Crippen LogP contribution in [0.3, 0.4) is 0 Å². The van der Waals surface area contributed by atoms with Crippen LogP contribution in [0.15, 0.2) is 12.2 Å². The predicted molar refractivity (Wildman–Crippen MR) is 97.9 cm³/mol. The largest absolute Gasteiger partial charge is 0.349 e. The number of terminal acetylenes is 1. The molecule has 3 heteroatoms. The molecule has 24 heavy (non-hydrogen) atoms. The van der Waals surface area contributed by atoms with Crippen molar-refractivity contribution < 1.29 is 4.79 Å². The van der Waals surface area contributed by atoms with E-state index in [1.165, 1.54) is 32.1 Å². The molecule has 3 N–H and O–H groups in total. The van der Waals surface area contributed by atoms with Crippen LogP contribution >= 0.6 is 0 Å². The first-order valence-electron chi connectivity index (χ1n) is 9.52. The van der Waals surface area contributed by atoms with Gasteiger partial charge in [-0.2, -0.15) is 0 Å². The highest BCUT2D eigenvalue weighted by Gasteiger charge is 2.59. The molecule has 1 aliphatic heterocycles. The summed E-state index contributed by atoms with van der Waals surface area (Å²) in [6.07, 6.45) is 19.8. The summed E-state index contributed by atoms with van der Waals surface area (Å²) in [6, 6.07) is 0.349. The van der Waals surface area contributed by atoms with Crippen LogP contribution in [-0.2, 0) is 4.79 Å². The number of nitrogens with one attached hydrogen (secondary N) is 1. The van der Waals surface area contributed by atoms with E-state index in [9.17, 15) is 4.79 Å². The van der Waals surface area contributed by atoms with Crippen LogP contribution in [0.25, 0.3) is 0 Å². The third kappa shape index (κ3) is 2.34. The van der Waals surface area contributed by atoms with Crippen LogP contribution in [0, 0.1) is 47.3 Å². The van der Waals surface area contributed by atoms with Gasteiger partial charge in [0.25, 0.3) is 0 Å². The maximum Gasteiger partial charge on any atom is 0.243 e. The van der Waals surface area contributed by atoms with Crippen molar-refractivity contribution >= 4 is 5.91 Å². The maximum absolute atomic E-state index is 11.7. The van der Waals surface area contributed by atoms with E-state index in [1.807, 2.05) is 0 Å². The third-order valence-corrected chi connectivity index (χ3v) is 8.17. The van der Waals surface area contributed by atoms with E-state index in [0.29, 0.717) is 11.5 Å². The van der Waals surface area contributed by atoms with Gasteiger partial charge in [-0.3, -0.25) is 4.79 Å². The molecule has 3 nitrogen and oxygen atoms in total. The first kappa shape index (κ1) is 17.5. The summed E-state index contributed by atoms with van der Waals surface area (Å²) in [5, 5.41) is 3.24. The highest BCUT2D eigenvalue weighted by Crippen LogP contribution is 2.64. The molecule has 0 aromatic heterocycles. The highest BCUT2D eigenvalue weighted by molar-refractivity contribution is 5.89. The van der Waals surface area contributed by atoms with Crippen molar-refractivity contribution in [1.82, 2.24) is 5.32 Å². The molecule has 0 bridgehead atoms. The molecular weight excluding hydrogens is 296 g/mol. The lowest BCUT2D eigenvalue weighted by Gasteiger charge is -2.58. The van der Waals surface area contributed by atoms with Crippen molar-refractivity contribution in [2.45, 2.75) is 58.4 Å². The van der Waals surface area contributed by atoms with Crippen LogP contribution in [0.1, 0.15) is 52.4 Å². The van der Waals surface area contributed by atoms with Gasteiger partial charge in [-0.15, -0.1) is 12.8 Å². The minimum Gasteiger partial charge on any atom is -0.349 e. The fraction of sp³-hybridized carbons (Fsp3) is 0.762. The molecule has 7 atom stereocenters. The van der Waals surface area contributed by atoms with E-state index in [0.717, 1.165) is 36.6 Å². The summed E-state index contributed by atoms with van der Waals surface area (Å²) in [7, 11) is 0. The van der Waals surface area contributed by atoms with Gasteiger partial charge < -0.3 is 11.1 Å². The summed E-state index contributed by atoms with van der Waals surface area (Å²) in [4.78, 5) is 11.7. The molecular formula is C21H32N2O. The van der Waals surface area contributed by atoms with Gasteiger partial charge in [0, 0.05) is 11.5 Å². The number of rotatable bonds is 1. The lowest BCUT2D eigenvalue weighted by atomic mass is 9.48. The topological polar surface area (TPSA) is 55.1 Å². The summed E-state index contributed by atoms with van der Waals surface area (Å²) < 4.78 is 0. The Labute approximate surface area is 146 Å². The SMILES string of the molecule is C#C.CC12C=CC(=O)NC1CCC1C2CC[C@]2(C)C(CN)CCC12. The molecule has 0 spiro atoms. The normalized spacial score (nSPS) is 49.0. The second-order valence-electron chi connectivity index (χ2n) is 8.77. The Morgan fingerprint density at radius 2 is 1.92 bits per heavy atom. The van der Waals surface area contributed by atoms with Crippen molar-refractivity contribution in [3.8, 4) is 12.8 Å². The van der Waals surface area contributed by atoms with Crippen molar-refractivity contribution in [2.24, 2.45) is 40.2 Å². The lowest BCUT2D eigenvalue weighted by Crippen LogP contribution is -2.59. The Morgan fingerprint density at radius 1 is 1.17 bits per heavy atom. The van der Waals surface area contributed by atoms with Crippen LogP contribution in [0.4, 0.5) is 0 Å².